The van der Waals surface area contributed by atoms with E-state index in [-0.39, 0.29) is 0 Å². The van der Waals surface area contributed by atoms with E-state index in [1.54, 1.807) is 0 Å². The first-order valence-corrected chi connectivity index (χ1v) is 7.15. The van der Waals surface area contributed by atoms with Crippen molar-refractivity contribution in [1.29, 1.82) is 0 Å². The molecule has 1 aromatic rings. The summed E-state index contributed by atoms with van der Waals surface area (Å²) in [5.74, 6) is 0. The average Bonchev–Trinajstić information content (AvgIpc) is 2.82. The Morgan fingerprint density at radius 1 is 1.28 bits per heavy atom. The molecule has 104 valence electrons. The number of hydrogen-bond donors (Lipinski definition) is 1. The molecule has 0 saturated carbocycles. The second-order valence-electron chi connectivity index (χ2n) is 4.55. The third kappa shape index (κ3) is 5.19. The monoisotopic (exact) mass is 253 g/mol. The highest BCUT2D eigenvalue weighted by molar-refractivity contribution is 5.10. The fourth-order valence-electron chi connectivity index (χ4n) is 1.99. The second kappa shape index (κ2) is 9.11. The molecule has 0 fully saturated rings. The molecule has 0 aliphatic rings. The van der Waals surface area contributed by atoms with E-state index in [0.29, 0.717) is 6.04 Å². The van der Waals surface area contributed by atoms with Crippen LogP contribution in [0, 0.1) is 0 Å². The molecular weight excluding hydrogens is 226 g/mol. The number of rotatable bonds is 10. The van der Waals surface area contributed by atoms with Crippen LogP contribution in [0.5, 0.6) is 0 Å². The third-order valence-electron chi connectivity index (χ3n) is 2.86. The van der Waals surface area contributed by atoms with E-state index < -0.39 is 0 Å². The number of nitrogens with one attached hydrogen (secondary N) is 1. The Bertz CT molecular complexity index is 312. The molecule has 1 aromatic heterocycles. The van der Waals surface area contributed by atoms with Gasteiger partial charge in [-0.25, -0.2) is 0 Å². The van der Waals surface area contributed by atoms with Gasteiger partial charge in [0.25, 0.3) is 0 Å². The zero-order valence-electron chi connectivity index (χ0n) is 12.0. The quantitative estimate of drug-likeness (QED) is 0.652. The van der Waals surface area contributed by atoms with Crippen LogP contribution in [0.4, 0.5) is 0 Å². The Kier molecular flexibility index (Phi) is 7.69. The molecule has 4 heteroatoms. The normalized spacial score (nSPS) is 12.8. The molecule has 0 aliphatic heterocycles. The molecule has 1 heterocycles. The molecule has 0 aliphatic carbocycles. The van der Waals surface area contributed by atoms with Crippen LogP contribution >= 0.6 is 0 Å². The molecule has 0 saturated heterocycles. The summed E-state index contributed by atoms with van der Waals surface area (Å²) in [5, 5.41) is 7.89. The summed E-state index contributed by atoms with van der Waals surface area (Å²) in [6.07, 6.45) is 7.33. The van der Waals surface area contributed by atoms with Gasteiger partial charge < -0.3 is 10.1 Å². The second-order valence-corrected chi connectivity index (χ2v) is 4.55. The molecule has 0 amide bonds. The minimum absolute atomic E-state index is 0.359. The Morgan fingerprint density at radius 3 is 2.78 bits per heavy atom. The highest BCUT2D eigenvalue weighted by atomic mass is 16.5. The maximum atomic E-state index is 5.57. The van der Waals surface area contributed by atoms with Gasteiger partial charge in [-0.3, -0.25) is 4.68 Å². The first-order chi connectivity index (χ1) is 8.81. The predicted molar refractivity (Wildman–Crippen MR) is 74.7 cm³/mol. The topological polar surface area (TPSA) is 39.1 Å². The van der Waals surface area contributed by atoms with Crippen LogP contribution in [0.3, 0.4) is 0 Å². The lowest BCUT2D eigenvalue weighted by molar-refractivity contribution is 0.124. The van der Waals surface area contributed by atoms with Crippen LogP contribution in [0.25, 0.3) is 0 Å². The molecule has 18 heavy (non-hydrogen) atoms. The van der Waals surface area contributed by atoms with E-state index in [2.05, 4.69) is 37.4 Å². The minimum atomic E-state index is 0.359. The van der Waals surface area contributed by atoms with E-state index in [9.17, 15) is 0 Å². The van der Waals surface area contributed by atoms with Crippen molar-refractivity contribution in [2.75, 3.05) is 19.8 Å². The zero-order valence-corrected chi connectivity index (χ0v) is 12.0. The van der Waals surface area contributed by atoms with Crippen LogP contribution < -0.4 is 5.32 Å². The molecule has 0 radical (unpaired) electrons. The smallest absolute Gasteiger partial charge is 0.0537 e. The van der Waals surface area contributed by atoms with Crippen molar-refractivity contribution in [2.24, 2.45) is 0 Å². The van der Waals surface area contributed by atoms with Gasteiger partial charge in [-0.1, -0.05) is 20.8 Å². The van der Waals surface area contributed by atoms with Crippen molar-refractivity contribution >= 4 is 0 Å². The Labute approximate surface area is 111 Å². The van der Waals surface area contributed by atoms with Crippen molar-refractivity contribution in [3.05, 3.63) is 18.0 Å². The summed E-state index contributed by atoms with van der Waals surface area (Å²) in [5.41, 5.74) is 1.27. The number of aryl methyl sites for hydroxylation is 1. The van der Waals surface area contributed by atoms with Crippen molar-refractivity contribution in [1.82, 2.24) is 15.1 Å². The van der Waals surface area contributed by atoms with E-state index >= 15 is 0 Å². The summed E-state index contributed by atoms with van der Waals surface area (Å²) in [7, 11) is 0. The average molecular weight is 253 g/mol. The van der Waals surface area contributed by atoms with Gasteiger partial charge in [0, 0.05) is 37.6 Å². The first kappa shape index (κ1) is 15.2. The van der Waals surface area contributed by atoms with Gasteiger partial charge in [0.15, 0.2) is 0 Å². The summed E-state index contributed by atoms with van der Waals surface area (Å²) in [6, 6.07) is 0.359. The third-order valence-corrected chi connectivity index (χ3v) is 2.86. The summed E-state index contributed by atoms with van der Waals surface area (Å²) < 4.78 is 7.59. The highest BCUT2D eigenvalue weighted by Crippen LogP contribution is 2.16. The minimum Gasteiger partial charge on any atom is -0.381 e. The van der Waals surface area contributed by atoms with Crippen molar-refractivity contribution < 1.29 is 4.74 Å². The number of ether oxygens (including phenoxy) is 1. The highest BCUT2D eigenvalue weighted by Gasteiger charge is 2.12. The lowest BCUT2D eigenvalue weighted by Gasteiger charge is -2.16. The van der Waals surface area contributed by atoms with Crippen molar-refractivity contribution in [2.45, 2.75) is 52.6 Å². The van der Waals surface area contributed by atoms with Gasteiger partial charge in [0.1, 0.15) is 0 Å². The molecule has 0 bridgehead atoms. The van der Waals surface area contributed by atoms with Crippen molar-refractivity contribution in [3.8, 4) is 0 Å². The molecule has 1 N–H and O–H groups in total. The largest absolute Gasteiger partial charge is 0.381 e. The molecule has 1 unspecified atom stereocenters. The SMILES string of the molecule is CCCOCCC(NCC)c1cnn(CCC)c1. The molecular formula is C14H27N3O. The number of hydrogen-bond acceptors (Lipinski definition) is 3. The van der Waals surface area contributed by atoms with Gasteiger partial charge in [0.05, 0.1) is 6.20 Å². The Balaban J connectivity index is 2.48. The summed E-state index contributed by atoms with van der Waals surface area (Å²) in [6.45, 7) is 10.1. The molecule has 1 atom stereocenters. The maximum absolute atomic E-state index is 5.57. The molecule has 0 aromatic carbocycles. The van der Waals surface area contributed by atoms with Crippen LogP contribution in [-0.2, 0) is 11.3 Å². The van der Waals surface area contributed by atoms with Crippen LogP contribution in [-0.4, -0.2) is 29.5 Å². The Hall–Kier alpha value is -0.870. The predicted octanol–water partition coefficient (Wildman–Crippen LogP) is 2.76. The summed E-state index contributed by atoms with van der Waals surface area (Å²) >= 11 is 0. The van der Waals surface area contributed by atoms with E-state index in [0.717, 1.165) is 45.6 Å². The fraction of sp³-hybridized carbons (Fsp3) is 0.786. The zero-order chi connectivity index (χ0) is 13.2. The molecule has 1 rings (SSSR count). The standard InChI is InChI=1S/C14H27N3O/c1-4-8-17-12-13(11-16-17)14(15-6-3)7-10-18-9-5-2/h11-12,14-15H,4-10H2,1-3H3. The first-order valence-electron chi connectivity index (χ1n) is 7.15. The van der Waals surface area contributed by atoms with E-state index in [1.807, 2.05) is 10.9 Å². The van der Waals surface area contributed by atoms with Gasteiger partial charge in [-0.2, -0.15) is 5.10 Å². The van der Waals surface area contributed by atoms with Gasteiger partial charge in [-0.05, 0) is 25.8 Å². The summed E-state index contributed by atoms with van der Waals surface area (Å²) in [4.78, 5) is 0. The number of nitrogens with zero attached hydrogens (tertiary/aromatic N) is 2. The Morgan fingerprint density at radius 2 is 2.11 bits per heavy atom. The lowest BCUT2D eigenvalue weighted by atomic mass is 10.1. The van der Waals surface area contributed by atoms with Crippen molar-refractivity contribution in [3.63, 3.8) is 0 Å². The van der Waals surface area contributed by atoms with Crippen LogP contribution in [0.15, 0.2) is 12.4 Å². The van der Waals surface area contributed by atoms with Crippen LogP contribution in [0.2, 0.25) is 0 Å². The van der Waals surface area contributed by atoms with Gasteiger partial charge in [0.2, 0.25) is 0 Å². The van der Waals surface area contributed by atoms with Gasteiger partial charge >= 0.3 is 0 Å². The molecule has 4 nitrogen and oxygen atoms in total. The van der Waals surface area contributed by atoms with E-state index in [1.165, 1.54) is 5.56 Å². The lowest BCUT2D eigenvalue weighted by Crippen LogP contribution is -2.22. The number of aromatic nitrogens is 2. The van der Waals surface area contributed by atoms with Crippen LogP contribution in [0.1, 0.15) is 51.6 Å². The molecule has 0 spiro atoms. The van der Waals surface area contributed by atoms with E-state index in [4.69, 9.17) is 4.74 Å². The maximum Gasteiger partial charge on any atom is 0.0537 e. The fourth-order valence-corrected chi connectivity index (χ4v) is 1.99. The van der Waals surface area contributed by atoms with Gasteiger partial charge in [-0.15, -0.1) is 0 Å².